The number of nitrogens with one attached hydrogen (secondary N) is 2. The third-order valence-electron chi connectivity index (χ3n) is 5.73. The second kappa shape index (κ2) is 11.8. The van der Waals surface area contributed by atoms with E-state index in [9.17, 15) is 14.4 Å². The molecule has 0 heterocycles. The zero-order valence-electron chi connectivity index (χ0n) is 22.7. The molecular weight excluding hydrogens is 478 g/mol. The molecule has 0 saturated heterocycles. The van der Waals surface area contributed by atoms with Crippen molar-refractivity contribution in [3.05, 3.63) is 63.7 Å². The summed E-state index contributed by atoms with van der Waals surface area (Å²) in [5.74, 6) is -0.801. The average molecular weight is 516 g/mol. The second-order valence-corrected chi connectivity index (χ2v) is 10.7. The maximum atomic E-state index is 13.9. The number of aryl methyl sites for hydroxylation is 3. The molecule has 7 nitrogen and oxygen atoms in total. The third-order valence-corrected chi connectivity index (χ3v) is 6.04. The Morgan fingerprint density at radius 1 is 0.917 bits per heavy atom. The Morgan fingerprint density at radius 3 is 1.94 bits per heavy atom. The number of carbonyl (C=O) groups excluding carboxylic acids is 3. The minimum absolute atomic E-state index is 0.359. The lowest BCUT2D eigenvalue weighted by atomic mass is 9.92. The van der Waals surface area contributed by atoms with Gasteiger partial charge in [-0.1, -0.05) is 41.9 Å². The summed E-state index contributed by atoms with van der Waals surface area (Å²) < 4.78 is 5.32. The van der Waals surface area contributed by atoms with Crippen molar-refractivity contribution in [2.24, 2.45) is 0 Å². The van der Waals surface area contributed by atoms with E-state index in [0.717, 1.165) is 22.3 Å². The van der Waals surface area contributed by atoms with Gasteiger partial charge < -0.3 is 20.3 Å². The molecule has 0 aliphatic carbocycles. The second-order valence-electron chi connectivity index (χ2n) is 10.3. The van der Waals surface area contributed by atoms with Crippen LogP contribution in [-0.4, -0.2) is 40.5 Å². The summed E-state index contributed by atoms with van der Waals surface area (Å²) in [6, 6.07) is 8.86. The summed E-state index contributed by atoms with van der Waals surface area (Å²) in [6.07, 6.45) is -0.702. The van der Waals surface area contributed by atoms with E-state index in [4.69, 9.17) is 16.3 Å². The van der Waals surface area contributed by atoms with Crippen molar-refractivity contribution < 1.29 is 19.1 Å². The number of carbonyl (C=O) groups is 3. The molecule has 8 heteroatoms. The number of alkyl carbamates (subject to hydrolysis) is 1. The fraction of sp³-hybridized carbons (Fsp3) is 0.464. The predicted octanol–water partition coefficient (Wildman–Crippen LogP) is 6.10. The molecule has 2 unspecified atom stereocenters. The monoisotopic (exact) mass is 515 g/mol. The van der Waals surface area contributed by atoms with Gasteiger partial charge in [0, 0.05) is 6.04 Å². The van der Waals surface area contributed by atoms with E-state index in [-0.39, 0.29) is 6.04 Å². The molecule has 36 heavy (non-hydrogen) atoms. The van der Waals surface area contributed by atoms with Crippen LogP contribution in [0.2, 0.25) is 5.02 Å². The zero-order valence-corrected chi connectivity index (χ0v) is 23.4. The van der Waals surface area contributed by atoms with Gasteiger partial charge in [-0.2, -0.15) is 0 Å². The predicted molar refractivity (Wildman–Crippen MR) is 144 cm³/mol. The molecule has 196 valence electrons. The lowest BCUT2D eigenvalue weighted by Gasteiger charge is -2.37. The molecule has 0 bridgehead atoms. The first-order valence-electron chi connectivity index (χ1n) is 12.1. The largest absolute Gasteiger partial charge is 0.444 e. The van der Waals surface area contributed by atoms with Crippen LogP contribution in [0.5, 0.6) is 0 Å². The van der Waals surface area contributed by atoms with Crippen LogP contribution in [0, 0.1) is 20.8 Å². The van der Waals surface area contributed by atoms with Crippen LogP contribution in [0.25, 0.3) is 0 Å². The minimum atomic E-state index is -0.961. The van der Waals surface area contributed by atoms with E-state index in [0.29, 0.717) is 10.7 Å². The molecule has 0 saturated carbocycles. The number of hydrogen-bond donors (Lipinski definition) is 2. The molecule has 3 amide bonds. The maximum Gasteiger partial charge on any atom is 0.408 e. The van der Waals surface area contributed by atoms with Crippen LogP contribution < -0.4 is 10.6 Å². The number of halogens is 1. The first-order valence-corrected chi connectivity index (χ1v) is 12.5. The van der Waals surface area contributed by atoms with Crippen molar-refractivity contribution in [3.8, 4) is 0 Å². The summed E-state index contributed by atoms with van der Waals surface area (Å²) in [4.78, 5) is 41.6. The number of rotatable bonds is 7. The quantitative estimate of drug-likeness (QED) is 0.466. The summed E-state index contributed by atoms with van der Waals surface area (Å²) in [5, 5.41) is 5.97. The summed E-state index contributed by atoms with van der Waals surface area (Å²) >= 11 is 6.40. The number of hydrogen-bond acceptors (Lipinski definition) is 4. The Morgan fingerprint density at radius 2 is 1.44 bits per heavy atom. The van der Waals surface area contributed by atoms with Crippen molar-refractivity contribution in [1.82, 2.24) is 10.2 Å². The molecule has 0 fully saturated rings. The van der Waals surface area contributed by atoms with Gasteiger partial charge in [0.2, 0.25) is 5.91 Å². The van der Waals surface area contributed by atoms with E-state index in [1.807, 2.05) is 65.0 Å². The highest BCUT2D eigenvalue weighted by Gasteiger charge is 2.38. The Bertz CT molecular complexity index is 1080. The molecular formula is C28H38ClN3O4. The van der Waals surface area contributed by atoms with Gasteiger partial charge in [-0.05, 0) is 90.6 Å². The Balaban J connectivity index is 2.54. The van der Waals surface area contributed by atoms with Crippen LogP contribution in [0.15, 0.2) is 36.4 Å². The van der Waals surface area contributed by atoms with Gasteiger partial charge in [-0.25, -0.2) is 4.79 Å². The Hall–Kier alpha value is -3.06. The third kappa shape index (κ3) is 7.23. The summed E-state index contributed by atoms with van der Waals surface area (Å²) in [7, 11) is 0. The van der Waals surface area contributed by atoms with Gasteiger partial charge in [-0.3, -0.25) is 9.59 Å². The van der Waals surface area contributed by atoms with Crippen molar-refractivity contribution in [3.63, 3.8) is 0 Å². The topological polar surface area (TPSA) is 87.7 Å². The summed E-state index contributed by atoms with van der Waals surface area (Å²) in [6.45, 7) is 16.2. The fourth-order valence-corrected chi connectivity index (χ4v) is 4.36. The van der Waals surface area contributed by atoms with Crippen LogP contribution in [0.3, 0.4) is 0 Å². The molecule has 2 N–H and O–H groups in total. The lowest BCUT2D eigenvalue weighted by molar-refractivity contribution is -0.142. The zero-order chi connectivity index (χ0) is 27.4. The molecule has 2 aromatic carbocycles. The molecule has 0 aliphatic rings. The van der Waals surface area contributed by atoms with Gasteiger partial charge in [-0.15, -0.1) is 0 Å². The molecule has 2 aromatic rings. The van der Waals surface area contributed by atoms with Crippen molar-refractivity contribution in [2.75, 3.05) is 5.32 Å². The number of anilines is 1. The first-order chi connectivity index (χ1) is 16.6. The molecule has 0 radical (unpaired) electrons. The van der Waals surface area contributed by atoms with Gasteiger partial charge in [0.15, 0.2) is 0 Å². The average Bonchev–Trinajstić information content (AvgIpc) is 2.73. The first kappa shape index (κ1) is 29.2. The normalized spacial score (nSPS) is 13.1. The Kier molecular flexibility index (Phi) is 9.55. The smallest absolute Gasteiger partial charge is 0.408 e. The number of benzene rings is 2. The highest BCUT2D eigenvalue weighted by atomic mass is 35.5. The Labute approximate surface area is 219 Å². The minimum Gasteiger partial charge on any atom is -0.444 e. The number of amides is 3. The van der Waals surface area contributed by atoms with E-state index in [2.05, 4.69) is 10.6 Å². The van der Waals surface area contributed by atoms with E-state index >= 15 is 0 Å². The van der Waals surface area contributed by atoms with Gasteiger partial charge in [0.1, 0.15) is 17.7 Å². The van der Waals surface area contributed by atoms with E-state index in [1.165, 1.54) is 4.90 Å². The molecule has 0 aromatic heterocycles. The molecule has 0 spiro atoms. The van der Waals surface area contributed by atoms with Gasteiger partial charge in [0.05, 0.1) is 10.7 Å². The van der Waals surface area contributed by atoms with Crippen LogP contribution >= 0.6 is 11.6 Å². The lowest BCUT2D eigenvalue weighted by Crippen LogP contribution is -2.53. The SMILES string of the molecule is Cc1cccc(Cl)c1NC(=O)C(c1c(C)cccc1C)N(C(=O)C(C)NC(=O)OC(C)(C)C)C(C)C. The highest BCUT2D eigenvalue weighted by Crippen LogP contribution is 2.33. The fourth-order valence-electron chi connectivity index (χ4n) is 4.09. The van der Waals surface area contributed by atoms with Gasteiger partial charge >= 0.3 is 6.09 Å². The van der Waals surface area contributed by atoms with Crippen molar-refractivity contribution >= 4 is 35.2 Å². The van der Waals surface area contributed by atoms with E-state index < -0.39 is 35.6 Å². The van der Waals surface area contributed by atoms with Crippen LogP contribution in [0.1, 0.15) is 69.8 Å². The van der Waals surface area contributed by atoms with Crippen molar-refractivity contribution in [2.45, 2.75) is 86.0 Å². The van der Waals surface area contributed by atoms with E-state index in [1.54, 1.807) is 33.8 Å². The number of para-hydroxylation sites is 1. The number of ether oxygens (including phenoxy) is 1. The standard InChI is InChI=1S/C28H38ClN3O4/c1-16(2)32(26(34)20(6)30-27(35)36-28(7,8)9)24(22-17(3)12-10-13-18(22)4)25(33)31-23-19(5)14-11-15-21(23)29/h10-16,20,24H,1-9H3,(H,30,35)(H,31,33). The molecule has 0 aliphatic heterocycles. The molecule has 2 atom stereocenters. The summed E-state index contributed by atoms with van der Waals surface area (Å²) in [5.41, 5.74) is 3.06. The van der Waals surface area contributed by atoms with Crippen LogP contribution in [0.4, 0.5) is 10.5 Å². The molecule has 2 rings (SSSR count). The van der Waals surface area contributed by atoms with Gasteiger partial charge in [0.25, 0.3) is 5.91 Å². The highest BCUT2D eigenvalue weighted by molar-refractivity contribution is 6.34. The van der Waals surface area contributed by atoms with Crippen molar-refractivity contribution in [1.29, 1.82) is 0 Å². The maximum absolute atomic E-state index is 13.9. The van der Waals surface area contributed by atoms with Crippen LogP contribution in [-0.2, 0) is 14.3 Å². The number of nitrogens with zero attached hydrogens (tertiary/aromatic N) is 1.